The first-order chi connectivity index (χ1) is 16.5. The Hall–Kier alpha value is -3.01. The molecular formula is C25H24N4O3S2. The van der Waals surface area contributed by atoms with Crippen molar-refractivity contribution < 1.29 is 9.53 Å². The summed E-state index contributed by atoms with van der Waals surface area (Å²) in [5.74, 6) is 0.402. The number of pyridine rings is 1. The van der Waals surface area contributed by atoms with E-state index in [0.717, 1.165) is 11.1 Å². The number of aryl methyl sites for hydroxylation is 1. The van der Waals surface area contributed by atoms with Crippen molar-refractivity contribution in [3.05, 3.63) is 80.6 Å². The minimum absolute atomic E-state index is 0.174. The number of amides is 1. The van der Waals surface area contributed by atoms with Gasteiger partial charge in [0.1, 0.15) is 15.8 Å². The molecule has 0 atom stereocenters. The topological polar surface area (TPSA) is 67.2 Å². The number of carbonyl (C=O) groups is 1. The smallest absolute Gasteiger partial charge is 0.267 e. The van der Waals surface area contributed by atoms with Gasteiger partial charge in [-0.25, -0.2) is 4.98 Å². The summed E-state index contributed by atoms with van der Waals surface area (Å²) in [6.07, 6.45) is 4.14. The molecule has 0 spiro atoms. The van der Waals surface area contributed by atoms with E-state index in [0.29, 0.717) is 65.5 Å². The highest BCUT2D eigenvalue weighted by Crippen LogP contribution is 2.33. The van der Waals surface area contributed by atoms with Crippen LogP contribution in [0.4, 0.5) is 5.82 Å². The standard InChI is InChI=1S/C25H24N4O3S2/c1-17-7-8-21-26-22(27-11-13-32-14-12-27)19(23(30)29(21)16-17)15-20-24(31)28(25(33)34-20)10-9-18-5-3-2-4-6-18/h2-8,15-16H,9-14H2,1H3/b20-15+. The molecule has 0 unspecified atom stereocenters. The highest BCUT2D eigenvalue weighted by molar-refractivity contribution is 8.26. The molecule has 2 aromatic heterocycles. The largest absolute Gasteiger partial charge is 0.378 e. The summed E-state index contributed by atoms with van der Waals surface area (Å²) in [6, 6.07) is 13.8. The van der Waals surface area contributed by atoms with Gasteiger partial charge in [-0.2, -0.15) is 0 Å². The van der Waals surface area contributed by atoms with Crippen LogP contribution < -0.4 is 10.5 Å². The van der Waals surface area contributed by atoms with Crippen molar-refractivity contribution in [3.8, 4) is 0 Å². The highest BCUT2D eigenvalue weighted by Gasteiger charge is 2.32. The van der Waals surface area contributed by atoms with Crippen molar-refractivity contribution in [1.82, 2.24) is 14.3 Å². The highest BCUT2D eigenvalue weighted by atomic mass is 32.2. The Morgan fingerprint density at radius 3 is 2.65 bits per heavy atom. The number of hydrogen-bond acceptors (Lipinski definition) is 7. The average molecular weight is 493 g/mol. The predicted octanol–water partition coefficient (Wildman–Crippen LogP) is 3.28. The summed E-state index contributed by atoms with van der Waals surface area (Å²) in [6.45, 7) is 4.82. The molecule has 0 aliphatic carbocycles. The van der Waals surface area contributed by atoms with Gasteiger partial charge in [-0.05, 0) is 36.6 Å². The zero-order valence-electron chi connectivity index (χ0n) is 18.8. The third kappa shape index (κ3) is 4.51. The molecule has 3 aromatic rings. The molecule has 0 saturated carbocycles. The van der Waals surface area contributed by atoms with E-state index in [2.05, 4.69) is 0 Å². The first-order valence-corrected chi connectivity index (χ1v) is 12.4. The number of thiocarbonyl (C=S) groups is 1. The Labute approximate surface area is 207 Å². The molecular weight excluding hydrogens is 468 g/mol. The van der Waals surface area contributed by atoms with Crippen LogP contribution in [0, 0.1) is 6.92 Å². The maximum absolute atomic E-state index is 13.6. The molecule has 7 nitrogen and oxygen atoms in total. The lowest BCUT2D eigenvalue weighted by molar-refractivity contribution is -0.122. The predicted molar refractivity (Wildman–Crippen MR) is 139 cm³/mol. The van der Waals surface area contributed by atoms with Crippen LogP contribution in [0.25, 0.3) is 11.7 Å². The first kappa shape index (κ1) is 22.8. The van der Waals surface area contributed by atoms with Gasteiger partial charge in [0.25, 0.3) is 11.5 Å². The van der Waals surface area contributed by atoms with E-state index in [9.17, 15) is 9.59 Å². The zero-order chi connectivity index (χ0) is 23.7. The molecule has 5 rings (SSSR count). The number of carbonyl (C=O) groups excluding carboxylic acids is 1. The summed E-state index contributed by atoms with van der Waals surface area (Å²) in [5, 5.41) is 0. The van der Waals surface area contributed by atoms with Gasteiger partial charge in [0.05, 0.1) is 23.7 Å². The van der Waals surface area contributed by atoms with Crippen LogP contribution in [-0.2, 0) is 16.0 Å². The van der Waals surface area contributed by atoms with E-state index in [4.69, 9.17) is 21.9 Å². The number of rotatable bonds is 5. The molecule has 0 N–H and O–H groups in total. The number of hydrogen-bond donors (Lipinski definition) is 0. The fourth-order valence-corrected chi connectivity index (χ4v) is 5.39. The van der Waals surface area contributed by atoms with Crippen LogP contribution in [0.3, 0.4) is 0 Å². The SMILES string of the molecule is Cc1ccc2nc(N3CCOCC3)c(/C=C3/SC(=S)N(CCc4ccccc4)C3=O)c(=O)n2c1. The van der Waals surface area contributed by atoms with Crippen molar-refractivity contribution in [1.29, 1.82) is 0 Å². The van der Waals surface area contributed by atoms with E-state index in [1.807, 2.05) is 54.3 Å². The summed E-state index contributed by atoms with van der Waals surface area (Å²) in [7, 11) is 0. The molecule has 174 valence electrons. The molecule has 2 fully saturated rings. The molecule has 0 radical (unpaired) electrons. The minimum atomic E-state index is -0.204. The molecule has 4 heterocycles. The first-order valence-electron chi connectivity index (χ1n) is 11.2. The second kappa shape index (κ2) is 9.69. The van der Waals surface area contributed by atoms with E-state index in [-0.39, 0.29) is 11.5 Å². The van der Waals surface area contributed by atoms with Gasteiger partial charge in [0, 0.05) is 25.8 Å². The zero-order valence-corrected chi connectivity index (χ0v) is 20.4. The molecule has 2 aliphatic heterocycles. The Bertz CT molecular complexity index is 1350. The van der Waals surface area contributed by atoms with Crippen molar-refractivity contribution >= 4 is 51.7 Å². The van der Waals surface area contributed by atoms with Crippen molar-refractivity contribution in [2.75, 3.05) is 37.7 Å². The van der Waals surface area contributed by atoms with Crippen LogP contribution in [0.5, 0.6) is 0 Å². The second-order valence-corrected chi connectivity index (χ2v) is 9.93. The van der Waals surface area contributed by atoms with E-state index in [1.54, 1.807) is 21.6 Å². The van der Waals surface area contributed by atoms with Crippen molar-refractivity contribution in [3.63, 3.8) is 0 Å². The van der Waals surface area contributed by atoms with Gasteiger partial charge >= 0.3 is 0 Å². The number of benzene rings is 1. The number of nitrogens with zero attached hydrogens (tertiary/aromatic N) is 4. The van der Waals surface area contributed by atoms with Crippen LogP contribution in [0.15, 0.2) is 58.4 Å². The van der Waals surface area contributed by atoms with E-state index < -0.39 is 0 Å². The van der Waals surface area contributed by atoms with Crippen LogP contribution in [0.2, 0.25) is 0 Å². The van der Waals surface area contributed by atoms with Crippen LogP contribution in [0.1, 0.15) is 16.7 Å². The Morgan fingerprint density at radius 1 is 1.12 bits per heavy atom. The lowest BCUT2D eigenvalue weighted by Crippen LogP contribution is -2.38. The van der Waals surface area contributed by atoms with E-state index >= 15 is 0 Å². The average Bonchev–Trinajstić information content (AvgIpc) is 3.13. The molecule has 9 heteroatoms. The van der Waals surface area contributed by atoms with Gasteiger partial charge in [-0.3, -0.25) is 18.9 Å². The van der Waals surface area contributed by atoms with Gasteiger partial charge in [-0.15, -0.1) is 0 Å². The second-order valence-electron chi connectivity index (χ2n) is 8.26. The maximum Gasteiger partial charge on any atom is 0.267 e. The molecule has 0 bridgehead atoms. The summed E-state index contributed by atoms with van der Waals surface area (Å²) >= 11 is 6.75. The lowest BCUT2D eigenvalue weighted by Gasteiger charge is -2.29. The number of aromatic nitrogens is 2. The monoisotopic (exact) mass is 492 g/mol. The van der Waals surface area contributed by atoms with Crippen molar-refractivity contribution in [2.24, 2.45) is 0 Å². The minimum Gasteiger partial charge on any atom is -0.378 e. The molecule has 1 aromatic carbocycles. The summed E-state index contributed by atoms with van der Waals surface area (Å²) in [4.78, 5) is 35.7. The number of fused-ring (bicyclic) bond motifs is 1. The fourth-order valence-electron chi connectivity index (χ4n) is 4.10. The lowest BCUT2D eigenvalue weighted by atomic mass is 10.1. The normalized spacial score (nSPS) is 17.9. The quantitative estimate of drug-likeness (QED) is 0.400. The number of ether oxygens (including phenoxy) is 1. The molecule has 2 saturated heterocycles. The van der Waals surface area contributed by atoms with Gasteiger partial charge in [0.15, 0.2) is 0 Å². The van der Waals surface area contributed by atoms with Crippen molar-refractivity contribution in [2.45, 2.75) is 13.3 Å². The Morgan fingerprint density at radius 2 is 1.88 bits per heavy atom. The third-order valence-corrected chi connectivity index (χ3v) is 7.29. The van der Waals surface area contributed by atoms with Gasteiger partial charge in [-0.1, -0.05) is 60.4 Å². The Balaban J connectivity index is 1.52. The maximum atomic E-state index is 13.6. The van der Waals surface area contributed by atoms with Crippen LogP contribution in [-0.4, -0.2) is 57.4 Å². The van der Waals surface area contributed by atoms with Crippen LogP contribution >= 0.6 is 24.0 Å². The molecule has 1 amide bonds. The number of morpholine rings is 1. The summed E-state index contributed by atoms with van der Waals surface area (Å²) < 4.78 is 7.53. The van der Waals surface area contributed by atoms with Gasteiger partial charge < -0.3 is 9.64 Å². The third-order valence-electron chi connectivity index (χ3n) is 5.91. The number of anilines is 1. The molecule has 34 heavy (non-hydrogen) atoms. The summed E-state index contributed by atoms with van der Waals surface area (Å²) in [5.41, 5.74) is 2.86. The fraction of sp³-hybridized carbons (Fsp3) is 0.280. The molecule has 2 aliphatic rings. The van der Waals surface area contributed by atoms with E-state index in [1.165, 1.54) is 11.8 Å². The number of thioether (sulfide) groups is 1. The Kier molecular flexibility index (Phi) is 6.49. The van der Waals surface area contributed by atoms with Gasteiger partial charge in [0.2, 0.25) is 0 Å².